The van der Waals surface area contributed by atoms with E-state index in [1.807, 2.05) is 20.8 Å². The second-order valence-electron chi connectivity index (χ2n) is 5.60. The molecular weight excluding hydrogens is 358 g/mol. The van der Waals surface area contributed by atoms with Crippen molar-refractivity contribution in [2.75, 3.05) is 33.0 Å². The van der Waals surface area contributed by atoms with Crippen molar-refractivity contribution in [1.82, 2.24) is 5.01 Å². The fraction of sp³-hybridized carbons (Fsp3) is 0.882. The van der Waals surface area contributed by atoms with Crippen LogP contribution in [-0.4, -0.2) is 83.2 Å². The average Bonchev–Trinajstić information content (AvgIpc) is 2.62. The highest BCUT2D eigenvalue weighted by molar-refractivity contribution is 4.94. The van der Waals surface area contributed by atoms with Crippen LogP contribution in [0.3, 0.4) is 0 Å². The number of nitrogens with two attached hydrogens (primary N) is 2. The molecular formula is C17H39N3O7. The molecule has 0 aliphatic heterocycles. The predicted octanol–water partition coefficient (Wildman–Crippen LogP) is -0.783. The van der Waals surface area contributed by atoms with E-state index in [1.54, 1.807) is 6.20 Å². The van der Waals surface area contributed by atoms with Gasteiger partial charge in [0.1, 0.15) is 6.10 Å². The average molecular weight is 398 g/mol. The molecule has 3 unspecified atom stereocenters. The van der Waals surface area contributed by atoms with Crippen LogP contribution in [0.4, 0.5) is 0 Å². The molecule has 0 saturated carbocycles. The monoisotopic (exact) mass is 397 g/mol. The van der Waals surface area contributed by atoms with E-state index in [-0.39, 0.29) is 6.61 Å². The molecule has 27 heavy (non-hydrogen) atoms. The van der Waals surface area contributed by atoms with E-state index in [4.69, 9.17) is 30.9 Å². The second-order valence-corrected chi connectivity index (χ2v) is 5.60. The van der Waals surface area contributed by atoms with Crippen molar-refractivity contribution in [2.45, 2.75) is 65.3 Å². The summed E-state index contributed by atoms with van der Waals surface area (Å²) in [5, 5.41) is 38.3. The molecule has 0 aromatic heterocycles. The van der Waals surface area contributed by atoms with Gasteiger partial charge in [0.15, 0.2) is 0 Å². The van der Waals surface area contributed by atoms with Gasteiger partial charge in [0.2, 0.25) is 12.6 Å². The molecule has 0 radical (unpaired) electrons. The van der Waals surface area contributed by atoms with Crippen molar-refractivity contribution in [3.8, 4) is 0 Å². The van der Waals surface area contributed by atoms with Crippen molar-refractivity contribution in [3.05, 3.63) is 11.9 Å². The van der Waals surface area contributed by atoms with E-state index in [1.165, 1.54) is 11.9 Å². The number of aliphatic hydroxyl groups excluding tert-OH is 3. The van der Waals surface area contributed by atoms with Gasteiger partial charge in [-0.3, -0.25) is 0 Å². The lowest BCUT2D eigenvalue weighted by atomic mass is 10.2. The molecule has 0 spiro atoms. The summed E-state index contributed by atoms with van der Waals surface area (Å²) < 4.78 is 15.6. The van der Waals surface area contributed by atoms with E-state index < -0.39 is 31.4 Å². The lowest BCUT2D eigenvalue weighted by Gasteiger charge is -2.26. The number of nitrogens with zero attached hydrogens (tertiary/aromatic N) is 1. The first-order chi connectivity index (χ1) is 12.8. The topological polar surface area (TPSA) is 164 Å². The summed E-state index contributed by atoms with van der Waals surface area (Å²) in [6, 6.07) is 0. The van der Waals surface area contributed by atoms with E-state index in [0.717, 1.165) is 6.42 Å². The standard InChI is InChI=1S/C15H33N3O7.C2H6/c1-3-6-23-10-12(16)8-18(17)5-4-7-24-15(14(21)22)25-13(9-19)11(2)20;1-2/h8,11,13-15,19-22H,3-7,9-10,16-17H2,1-2H3;1-2H3/b12-8-;. The van der Waals surface area contributed by atoms with Gasteiger partial charge in [-0.2, -0.15) is 0 Å². The molecule has 0 saturated heterocycles. The van der Waals surface area contributed by atoms with Crippen LogP contribution in [0.25, 0.3) is 0 Å². The lowest BCUT2D eigenvalue weighted by Crippen LogP contribution is -2.41. The Morgan fingerprint density at radius 2 is 1.81 bits per heavy atom. The highest BCUT2D eigenvalue weighted by atomic mass is 16.7. The maximum Gasteiger partial charge on any atom is 0.209 e. The fourth-order valence-electron chi connectivity index (χ4n) is 1.77. The maximum absolute atomic E-state index is 9.39. The van der Waals surface area contributed by atoms with Crippen LogP contribution in [0, 0.1) is 0 Å². The van der Waals surface area contributed by atoms with Gasteiger partial charge in [-0.1, -0.05) is 20.8 Å². The number of hydrogen-bond donors (Lipinski definition) is 6. The smallest absolute Gasteiger partial charge is 0.209 e. The minimum absolute atomic E-state index is 0.119. The van der Waals surface area contributed by atoms with Gasteiger partial charge in [-0.05, 0) is 19.8 Å². The highest BCUT2D eigenvalue weighted by Crippen LogP contribution is 2.08. The van der Waals surface area contributed by atoms with Gasteiger partial charge in [-0.15, -0.1) is 0 Å². The summed E-state index contributed by atoms with van der Waals surface area (Å²) in [7, 11) is 0. The summed E-state index contributed by atoms with van der Waals surface area (Å²) in [5.74, 6) is 5.77. The Balaban J connectivity index is 0. The van der Waals surface area contributed by atoms with Crippen molar-refractivity contribution in [2.24, 2.45) is 11.6 Å². The van der Waals surface area contributed by atoms with Crippen LogP contribution < -0.4 is 11.6 Å². The Morgan fingerprint density at radius 1 is 1.19 bits per heavy atom. The molecule has 0 aliphatic carbocycles. The third kappa shape index (κ3) is 15.7. The first-order valence-electron chi connectivity index (χ1n) is 9.29. The SMILES string of the molecule is CC.CCCOC/C(N)=C/N(N)CCCOC(OC(CO)C(C)O)C(O)O. The summed E-state index contributed by atoms with van der Waals surface area (Å²) in [4.78, 5) is 0. The number of hydrogen-bond acceptors (Lipinski definition) is 10. The van der Waals surface area contributed by atoms with E-state index in [0.29, 0.717) is 31.9 Å². The van der Waals surface area contributed by atoms with Gasteiger partial charge in [0.25, 0.3) is 0 Å². The Bertz CT molecular complexity index is 357. The largest absolute Gasteiger partial charge is 0.399 e. The summed E-state index contributed by atoms with van der Waals surface area (Å²) in [6.07, 6.45) is -2.35. The van der Waals surface area contributed by atoms with Crippen molar-refractivity contribution in [1.29, 1.82) is 0 Å². The lowest BCUT2D eigenvalue weighted by molar-refractivity contribution is -0.280. The third-order valence-electron chi connectivity index (χ3n) is 3.06. The zero-order valence-electron chi connectivity index (χ0n) is 17.0. The van der Waals surface area contributed by atoms with Gasteiger partial charge in [0, 0.05) is 19.4 Å². The minimum atomic E-state index is -1.91. The Kier molecular flexibility index (Phi) is 19.2. The predicted molar refractivity (Wildman–Crippen MR) is 102 cm³/mol. The molecule has 0 aliphatic rings. The normalized spacial score (nSPS) is 15.1. The van der Waals surface area contributed by atoms with Crippen LogP contribution in [-0.2, 0) is 14.2 Å². The minimum Gasteiger partial charge on any atom is -0.399 e. The molecule has 0 heterocycles. The van der Waals surface area contributed by atoms with Crippen LogP contribution in [0.15, 0.2) is 11.9 Å². The molecule has 164 valence electrons. The van der Waals surface area contributed by atoms with Crippen molar-refractivity contribution >= 4 is 0 Å². The molecule has 0 aromatic carbocycles. The molecule has 0 fully saturated rings. The van der Waals surface area contributed by atoms with E-state index in [9.17, 15) is 15.3 Å². The van der Waals surface area contributed by atoms with Crippen LogP contribution in [0.2, 0.25) is 0 Å². The first kappa shape index (κ1) is 28.2. The number of rotatable bonds is 15. The molecule has 3 atom stereocenters. The summed E-state index contributed by atoms with van der Waals surface area (Å²) >= 11 is 0. The highest BCUT2D eigenvalue weighted by Gasteiger charge is 2.25. The van der Waals surface area contributed by atoms with Crippen LogP contribution in [0.1, 0.15) is 40.5 Å². The Morgan fingerprint density at radius 3 is 2.30 bits per heavy atom. The zero-order valence-corrected chi connectivity index (χ0v) is 17.0. The van der Waals surface area contributed by atoms with Gasteiger partial charge < -0.3 is 45.4 Å². The van der Waals surface area contributed by atoms with Crippen molar-refractivity contribution < 1.29 is 34.6 Å². The Labute approximate surface area is 162 Å². The van der Waals surface area contributed by atoms with Gasteiger partial charge >= 0.3 is 0 Å². The molecule has 0 amide bonds. The molecule has 10 heteroatoms. The van der Waals surface area contributed by atoms with Crippen LogP contribution in [0.5, 0.6) is 0 Å². The van der Waals surface area contributed by atoms with Gasteiger partial charge in [0.05, 0.1) is 31.6 Å². The third-order valence-corrected chi connectivity index (χ3v) is 3.06. The molecule has 0 bridgehead atoms. The van der Waals surface area contributed by atoms with Crippen molar-refractivity contribution in [3.63, 3.8) is 0 Å². The maximum atomic E-state index is 9.39. The number of hydrazine groups is 1. The van der Waals surface area contributed by atoms with Gasteiger partial charge in [-0.25, -0.2) is 5.84 Å². The molecule has 8 N–H and O–H groups in total. The van der Waals surface area contributed by atoms with Crippen LogP contribution >= 0.6 is 0 Å². The molecule has 0 rings (SSSR count). The Hall–Kier alpha value is -0.980. The quantitative estimate of drug-likeness (QED) is 0.0893. The van der Waals surface area contributed by atoms with E-state index in [2.05, 4.69) is 0 Å². The first-order valence-corrected chi connectivity index (χ1v) is 9.29. The zero-order chi connectivity index (χ0) is 21.2. The van der Waals surface area contributed by atoms with E-state index >= 15 is 0 Å². The number of aliphatic hydroxyl groups is 4. The second kappa shape index (κ2) is 18.4. The molecule has 0 aromatic rings. The fourth-order valence-corrected chi connectivity index (χ4v) is 1.77. The summed E-state index contributed by atoms with van der Waals surface area (Å²) in [6.45, 7) is 8.38. The number of ether oxygens (including phenoxy) is 3. The summed E-state index contributed by atoms with van der Waals surface area (Å²) in [5.41, 5.74) is 6.25. The molecule has 10 nitrogen and oxygen atoms in total.